The van der Waals surface area contributed by atoms with Gasteiger partial charge in [-0.25, -0.2) is 0 Å². The first kappa shape index (κ1) is 23.4. The minimum atomic E-state index is -1.52. The summed E-state index contributed by atoms with van der Waals surface area (Å²) in [6.07, 6.45) is 4.23. The van der Waals surface area contributed by atoms with E-state index in [0.29, 0.717) is 18.5 Å². The largest absolute Gasteiger partial charge is 0.507 e. The summed E-state index contributed by atoms with van der Waals surface area (Å²) >= 11 is 0. The summed E-state index contributed by atoms with van der Waals surface area (Å²) in [5, 5.41) is 24.5. The van der Waals surface area contributed by atoms with Crippen molar-refractivity contribution < 1.29 is 33.8 Å². The summed E-state index contributed by atoms with van der Waals surface area (Å²) < 4.78 is 11.1. The first-order valence-corrected chi connectivity index (χ1v) is 11.1. The van der Waals surface area contributed by atoms with Gasteiger partial charge in [-0.05, 0) is 53.2 Å². The third-order valence-electron chi connectivity index (χ3n) is 6.63. The SMILES string of the molecule is CC(=O)c1c(O)c(C)c(O)c2c1OC1=CC(=O)/C(=C(/C)NC(C)CCc3ccco3)C(=O)[C@]12C. The molecule has 34 heavy (non-hydrogen) atoms. The fourth-order valence-corrected chi connectivity index (χ4v) is 4.69. The highest BCUT2D eigenvalue weighted by atomic mass is 16.5. The van der Waals surface area contributed by atoms with Gasteiger partial charge in [0.25, 0.3) is 0 Å². The minimum Gasteiger partial charge on any atom is -0.507 e. The molecule has 1 unspecified atom stereocenters. The van der Waals surface area contributed by atoms with Gasteiger partial charge in [0.15, 0.2) is 17.3 Å². The van der Waals surface area contributed by atoms with Crippen molar-refractivity contribution in [1.82, 2.24) is 5.32 Å². The van der Waals surface area contributed by atoms with Crippen LogP contribution in [-0.2, 0) is 21.4 Å². The van der Waals surface area contributed by atoms with Gasteiger partial charge >= 0.3 is 0 Å². The Bertz CT molecular complexity index is 1280. The Morgan fingerprint density at radius 3 is 2.53 bits per heavy atom. The number of benzene rings is 1. The van der Waals surface area contributed by atoms with Crippen LogP contribution in [0.5, 0.6) is 17.2 Å². The first-order chi connectivity index (χ1) is 16.0. The molecule has 1 aliphatic heterocycles. The molecule has 1 aliphatic carbocycles. The molecule has 2 heterocycles. The second-order valence-electron chi connectivity index (χ2n) is 9.05. The van der Waals surface area contributed by atoms with Crippen molar-refractivity contribution in [3.63, 3.8) is 0 Å². The fourth-order valence-electron chi connectivity index (χ4n) is 4.69. The van der Waals surface area contributed by atoms with E-state index in [1.165, 1.54) is 19.9 Å². The second kappa shape index (κ2) is 8.20. The summed E-state index contributed by atoms with van der Waals surface area (Å²) in [5.41, 5.74) is -1.14. The Morgan fingerprint density at radius 1 is 1.21 bits per heavy atom. The quantitative estimate of drug-likeness (QED) is 0.334. The fraction of sp³-hybridized carbons (Fsp3) is 0.346. The molecular weight excluding hydrogens is 438 g/mol. The van der Waals surface area contributed by atoms with E-state index in [2.05, 4.69) is 5.32 Å². The summed E-state index contributed by atoms with van der Waals surface area (Å²) in [6.45, 7) is 7.86. The van der Waals surface area contributed by atoms with Gasteiger partial charge in [-0.3, -0.25) is 14.4 Å². The molecule has 0 saturated carbocycles. The average Bonchev–Trinajstić information content (AvgIpc) is 3.37. The molecule has 0 radical (unpaired) electrons. The molecule has 8 heteroatoms. The monoisotopic (exact) mass is 465 g/mol. The van der Waals surface area contributed by atoms with Crippen LogP contribution in [-0.4, -0.2) is 33.6 Å². The highest BCUT2D eigenvalue weighted by Crippen LogP contribution is 2.57. The Kier molecular flexibility index (Phi) is 5.63. The molecule has 3 N–H and O–H groups in total. The van der Waals surface area contributed by atoms with Gasteiger partial charge < -0.3 is 24.7 Å². The lowest BCUT2D eigenvalue weighted by molar-refractivity contribution is -0.123. The van der Waals surface area contributed by atoms with E-state index in [4.69, 9.17) is 9.15 Å². The highest BCUT2D eigenvalue weighted by Gasteiger charge is 2.56. The highest BCUT2D eigenvalue weighted by molar-refractivity contribution is 6.31. The molecule has 4 rings (SSSR count). The number of allylic oxidation sites excluding steroid dienone is 4. The third kappa shape index (κ3) is 3.41. The van der Waals surface area contributed by atoms with Gasteiger partial charge in [-0.2, -0.15) is 0 Å². The zero-order valence-corrected chi connectivity index (χ0v) is 19.7. The number of aromatic hydroxyl groups is 2. The van der Waals surface area contributed by atoms with Crippen LogP contribution < -0.4 is 10.1 Å². The number of nitrogens with one attached hydrogen (secondary N) is 1. The van der Waals surface area contributed by atoms with Gasteiger partial charge in [0.2, 0.25) is 0 Å². The number of phenolic OH excluding ortho intramolecular Hbond substituents is 2. The number of phenols is 2. The Hall–Kier alpha value is -3.81. The van der Waals surface area contributed by atoms with Crippen LogP contribution in [0.4, 0.5) is 0 Å². The molecule has 2 aliphatic rings. The van der Waals surface area contributed by atoms with Crippen LogP contribution in [0, 0.1) is 6.92 Å². The molecular formula is C26H27NO7. The second-order valence-corrected chi connectivity index (χ2v) is 9.05. The number of Topliss-reactive ketones (excluding diaryl/α,β-unsaturated/α-hetero) is 2. The molecule has 178 valence electrons. The minimum absolute atomic E-state index is 0.0164. The molecule has 0 fully saturated rings. The lowest BCUT2D eigenvalue weighted by Crippen LogP contribution is -2.41. The number of hydrogen-bond acceptors (Lipinski definition) is 8. The van der Waals surface area contributed by atoms with Crippen LogP contribution in [0.25, 0.3) is 0 Å². The Balaban J connectivity index is 1.74. The van der Waals surface area contributed by atoms with Crippen molar-refractivity contribution in [3.05, 3.63) is 64.0 Å². The molecule has 1 aromatic carbocycles. The molecule has 2 atom stereocenters. The van der Waals surface area contributed by atoms with Crippen LogP contribution in [0.2, 0.25) is 0 Å². The first-order valence-electron chi connectivity index (χ1n) is 11.1. The number of fused-ring (bicyclic) bond motifs is 3. The number of rotatable bonds is 6. The maximum atomic E-state index is 13.8. The number of ether oxygens (including phenoxy) is 1. The average molecular weight is 466 g/mol. The summed E-state index contributed by atoms with van der Waals surface area (Å²) in [7, 11) is 0. The van der Waals surface area contributed by atoms with Gasteiger partial charge in [0.05, 0.1) is 17.4 Å². The molecule has 0 spiro atoms. The standard InChI is InChI=1S/C26H27NO7/c1-12(8-9-16-7-6-10-33-16)27-14(3)19-17(29)11-18-26(5,25(19)32)21-23(31)13(2)22(30)20(15(4)28)24(21)34-18/h6-7,10-12,27,30-31H,8-9H2,1-5H3/b19-14+/t12?,26-/m1/s1. The number of furan rings is 1. The predicted octanol–water partition coefficient (Wildman–Crippen LogP) is 3.77. The van der Waals surface area contributed by atoms with Crippen LogP contribution >= 0.6 is 0 Å². The van der Waals surface area contributed by atoms with Crippen molar-refractivity contribution in [3.8, 4) is 17.2 Å². The zero-order chi connectivity index (χ0) is 24.9. The number of aryl methyl sites for hydroxylation is 1. The summed E-state index contributed by atoms with van der Waals surface area (Å²) in [5.74, 6) is -1.56. The summed E-state index contributed by atoms with van der Waals surface area (Å²) in [6, 6.07) is 3.65. The predicted molar refractivity (Wildman–Crippen MR) is 123 cm³/mol. The van der Waals surface area contributed by atoms with Gasteiger partial charge in [-0.1, -0.05) is 0 Å². The normalized spacial score (nSPS) is 21.4. The number of carbonyl (C=O) groups is 3. The lowest BCUT2D eigenvalue weighted by Gasteiger charge is -2.29. The van der Waals surface area contributed by atoms with Crippen LogP contribution in [0.1, 0.15) is 61.4 Å². The maximum absolute atomic E-state index is 13.8. The number of ketones is 3. The molecule has 1 aromatic heterocycles. The molecule has 0 amide bonds. The van der Waals surface area contributed by atoms with E-state index in [9.17, 15) is 24.6 Å². The molecule has 0 saturated heterocycles. The van der Waals surface area contributed by atoms with Crippen molar-refractivity contribution >= 4 is 17.3 Å². The van der Waals surface area contributed by atoms with Crippen molar-refractivity contribution in [2.24, 2.45) is 0 Å². The number of hydrogen-bond donors (Lipinski definition) is 3. The van der Waals surface area contributed by atoms with Crippen molar-refractivity contribution in [2.45, 2.75) is 58.9 Å². The summed E-state index contributed by atoms with van der Waals surface area (Å²) in [4.78, 5) is 39.0. The topological polar surface area (TPSA) is 126 Å². The van der Waals surface area contributed by atoms with Crippen molar-refractivity contribution in [2.75, 3.05) is 0 Å². The van der Waals surface area contributed by atoms with E-state index in [1.54, 1.807) is 20.1 Å². The zero-order valence-electron chi connectivity index (χ0n) is 19.7. The van der Waals surface area contributed by atoms with Gasteiger partial charge in [0.1, 0.15) is 39.7 Å². The number of carbonyl (C=O) groups excluding carboxylic acids is 3. The Morgan fingerprint density at radius 2 is 1.91 bits per heavy atom. The molecule has 2 aromatic rings. The van der Waals surface area contributed by atoms with Gasteiger partial charge in [-0.15, -0.1) is 0 Å². The van der Waals surface area contributed by atoms with Crippen LogP contribution in [0.15, 0.2) is 45.9 Å². The Labute approximate surface area is 196 Å². The van der Waals surface area contributed by atoms with E-state index in [-0.39, 0.29) is 45.6 Å². The smallest absolute Gasteiger partial charge is 0.194 e. The maximum Gasteiger partial charge on any atom is 0.194 e. The van der Waals surface area contributed by atoms with Crippen molar-refractivity contribution in [1.29, 1.82) is 0 Å². The lowest BCUT2D eigenvalue weighted by atomic mass is 9.70. The third-order valence-corrected chi connectivity index (χ3v) is 6.63. The molecule has 8 nitrogen and oxygen atoms in total. The van der Waals surface area contributed by atoms with E-state index in [1.807, 2.05) is 19.1 Å². The van der Waals surface area contributed by atoms with Crippen LogP contribution in [0.3, 0.4) is 0 Å². The van der Waals surface area contributed by atoms with Gasteiger partial charge in [0, 0.05) is 29.8 Å². The van der Waals surface area contributed by atoms with E-state index in [0.717, 1.165) is 5.76 Å². The van der Waals surface area contributed by atoms with E-state index < -0.39 is 28.5 Å². The molecule has 0 bridgehead atoms. The van der Waals surface area contributed by atoms with E-state index >= 15 is 0 Å².